The number of rotatable bonds is 8. The Morgan fingerprint density at radius 2 is 2.07 bits per heavy atom. The van der Waals surface area contributed by atoms with E-state index in [0.717, 1.165) is 44.6 Å². The number of nitrogens with zero attached hydrogens (tertiary/aromatic N) is 2. The van der Waals surface area contributed by atoms with Gasteiger partial charge in [-0.25, -0.2) is 4.98 Å². The minimum atomic E-state index is 0.0495. The topological polar surface area (TPSA) is 58.4 Å². The first-order valence-corrected chi connectivity index (χ1v) is 11.6. The summed E-state index contributed by atoms with van der Waals surface area (Å²) in [6, 6.07) is 11.8. The molecule has 1 fully saturated rings. The van der Waals surface area contributed by atoms with E-state index in [-0.39, 0.29) is 5.91 Å². The molecule has 158 valence electrons. The summed E-state index contributed by atoms with van der Waals surface area (Å²) in [5.41, 5.74) is 0.813. The lowest BCUT2D eigenvalue weighted by atomic mass is 9.96. The maximum atomic E-state index is 12.3. The molecule has 1 N–H and O–H groups in total. The Kier molecular flexibility index (Phi) is 7.20. The van der Waals surface area contributed by atoms with Gasteiger partial charge >= 0.3 is 0 Å². The number of aromatic nitrogens is 1. The highest BCUT2D eigenvalue weighted by atomic mass is 35.5. The number of benzene rings is 1. The van der Waals surface area contributed by atoms with Crippen molar-refractivity contribution in [1.29, 1.82) is 0 Å². The molecule has 1 amide bonds. The molecule has 0 aliphatic carbocycles. The van der Waals surface area contributed by atoms with Crippen LogP contribution >= 0.6 is 22.9 Å². The van der Waals surface area contributed by atoms with Gasteiger partial charge in [-0.15, -0.1) is 11.3 Å². The van der Waals surface area contributed by atoms with Crippen molar-refractivity contribution in [3.05, 3.63) is 63.8 Å². The molecule has 0 bridgehead atoms. The largest absolute Gasteiger partial charge is 0.441 e. The minimum Gasteiger partial charge on any atom is -0.441 e. The van der Waals surface area contributed by atoms with Gasteiger partial charge in [0.1, 0.15) is 0 Å². The minimum absolute atomic E-state index is 0.0495. The molecule has 1 aliphatic heterocycles. The molecule has 4 rings (SSSR count). The first-order chi connectivity index (χ1) is 14.7. The monoisotopic (exact) mass is 443 g/mol. The van der Waals surface area contributed by atoms with Gasteiger partial charge in [0.25, 0.3) is 0 Å². The molecule has 5 nitrogen and oxygen atoms in total. The number of likely N-dealkylation sites (tertiary alicyclic amines) is 1. The number of carbonyl (C=O) groups is 1. The van der Waals surface area contributed by atoms with Crippen molar-refractivity contribution < 1.29 is 9.21 Å². The molecule has 0 atom stereocenters. The van der Waals surface area contributed by atoms with Gasteiger partial charge in [0.2, 0.25) is 5.91 Å². The van der Waals surface area contributed by atoms with Crippen LogP contribution in [0.4, 0.5) is 0 Å². The Morgan fingerprint density at radius 3 is 2.83 bits per heavy atom. The summed E-state index contributed by atoms with van der Waals surface area (Å²) in [6.45, 7) is 3.99. The summed E-state index contributed by atoms with van der Waals surface area (Å²) < 4.78 is 5.77. The van der Waals surface area contributed by atoms with Crippen molar-refractivity contribution in [2.45, 2.75) is 32.2 Å². The van der Waals surface area contributed by atoms with E-state index < -0.39 is 0 Å². The smallest absolute Gasteiger partial charge is 0.220 e. The molecule has 30 heavy (non-hydrogen) atoms. The van der Waals surface area contributed by atoms with Crippen LogP contribution in [-0.4, -0.2) is 35.4 Å². The van der Waals surface area contributed by atoms with Crippen molar-refractivity contribution in [3.8, 4) is 11.3 Å². The number of carbonyl (C=O) groups excluding carboxylic acids is 1. The number of aryl methyl sites for hydroxylation is 1. The summed E-state index contributed by atoms with van der Waals surface area (Å²) in [4.78, 5) is 20.5. The molecule has 1 saturated heterocycles. The zero-order valence-electron chi connectivity index (χ0n) is 16.9. The van der Waals surface area contributed by atoms with Gasteiger partial charge in [-0.1, -0.05) is 29.8 Å². The molecule has 1 aliphatic rings. The van der Waals surface area contributed by atoms with Crippen molar-refractivity contribution >= 4 is 28.8 Å². The average molecular weight is 444 g/mol. The van der Waals surface area contributed by atoms with E-state index in [1.54, 1.807) is 6.20 Å². The van der Waals surface area contributed by atoms with E-state index in [2.05, 4.69) is 32.7 Å². The summed E-state index contributed by atoms with van der Waals surface area (Å²) in [5.74, 6) is 1.79. The number of nitrogens with one attached hydrogen (secondary N) is 1. The molecule has 0 unspecified atom stereocenters. The lowest BCUT2D eigenvalue weighted by molar-refractivity contribution is -0.121. The molecule has 3 aromatic rings. The number of thiophene rings is 1. The molecule has 0 spiro atoms. The Bertz CT molecular complexity index is 949. The molecular weight excluding hydrogens is 418 g/mol. The van der Waals surface area contributed by atoms with Crippen LogP contribution in [0.5, 0.6) is 0 Å². The Labute approximate surface area is 186 Å². The highest BCUT2D eigenvalue weighted by Gasteiger charge is 2.20. The fraction of sp³-hybridized carbons (Fsp3) is 0.391. The fourth-order valence-corrected chi connectivity index (χ4v) is 4.73. The second-order valence-corrected chi connectivity index (χ2v) is 9.14. The van der Waals surface area contributed by atoms with E-state index in [1.807, 2.05) is 35.6 Å². The zero-order valence-corrected chi connectivity index (χ0v) is 18.4. The van der Waals surface area contributed by atoms with Crippen LogP contribution in [0.1, 0.15) is 30.0 Å². The lowest BCUT2D eigenvalue weighted by Gasteiger charge is -2.31. The van der Waals surface area contributed by atoms with E-state index in [0.29, 0.717) is 35.4 Å². The first kappa shape index (κ1) is 21.1. The molecule has 7 heteroatoms. The zero-order chi connectivity index (χ0) is 20.8. The van der Waals surface area contributed by atoms with Gasteiger partial charge in [-0.05, 0) is 55.4 Å². The lowest BCUT2D eigenvalue weighted by Crippen LogP contribution is -2.38. The van der Waals surface area contributed by atoms with Gasteiger partial charge in [0.05, 0.1) is 11.2 Å². The fourth-order valence-electron chi connectivity index (χ4n) is 3.75. The maximum absolute atomic E-state index is 12.3. The Morgan fingerprint density at radius 1 is 1.23 bits per heavy atom. The Hall–Kier alpha value is -2.15. The standard InChI is InChI=1S/C23H26ClN3O2S/c24-20-6-2-1-5-19(20)21-15-26-23(29-21)8-7-22(28)25-14-17-9-11-27(12-10-17)16-18-4-3-13-30-18/h1-6,13,15,17H,7-12,14,16H2,(H,25,28). The number of halogens is 1. The SMILES string of the molecule is O=C(CCc1ncc(-c2ccccc2Cl)o1)NCC1CCN(Cc2cccs2)CC1. The molecular formula is C23H26ClN3O2S. The van der Waals surface area contributed by atoms with Gasteiger partial charge in [-0.2, -0.15) is 0 Å². The van der Waals surface area contributed by atoms with Gasteiger partial charge in [-0.3, -0.25) is 9.69 Å². The number of hydrogen-bond donors (Lipinski definition) is 1. The number of piperidine rings is 1. The summed E-state index contributed by atoms with van der Waals surface area (Å²) in [5, 5.41) is 5.84. The highest BCUT2D eigenvalue weighted by molar-refractivity contribution is 7.09. The van der Waals surface area contributed by atoms with Crippen LogP contribution in [0.3, 0.4) is 0 Å². The van der Waals surface area contributed by atoms with Crippen LogP contribution in [0.15, 0.2) is 52.4 Å². The molecule has 1 aromatic carbocycles. The third-order valence-electron chi connectivity index (χ3n) is 5.51. The maximum Gasteiger partial charge on any atom is 0.220 e. The first-order valence-electron chi connectivity index (χ1n) is 10.4. The summed E-state index contributed by atoms with van der Waals surface area (Å²) >= 11 is 8.02. The van der Waals surface area contributed by atoms with Crippen LogP contribution < -0.4 is 5.32 Å². The third-order valence-corrected chi connectivity index (χ3v) is 6.70. The molecule has 3 heterocycles. The van der Waals surface area contributed by atoms with Crippen molar-refractivity contribution in [2.75, 3.05) is 19.6 Å². The van der Waals surface area contributed by atoms with Crippen molar-refractivity contribution in [3.63, 3.8) is 0 Å². The number of oxazole rings is 1. The third kappa shape index (κ3) is 5.72. The van der Waals surface area contributed by atoms with Gasteiger partial charge in [0.15, 0.2) is 11.7 Å². The van der Waals surface area contributed by atoms with Crippen molar-refractivity contribution in [2.24, 2.45) is 5.92 Å². The van der Waals surface area contributed by atoms with Crippen LogP contribution in [-0.2, 0) is 17.8 Å². The normalized spacial score (nSPS) is 15.4. The predicted octanol–water partition coefficient (Wildman–Crippen LogP) is 5.02. The van der Waals surface area contributed by atoms with Gasteiger partial charge in [0, 0.05) is 36.4 Å². The number of hydrogen-bond acceptors (Lipinski definition) is 5. The van der Waals surface area contributed by atoms with E-state index in [9.17, 15) is 4.79 Å². The highest BCUT2D eigenvalue weighted by Crippen LogP contribution is 2.28. The molecule has 2 aromatic heterocycles. The van der Waals surface area contributed by atoms with Crippen LogP contribution in [0, 0.1) is 5.92 Å². The van der Waals surface area contributed by atoms with Crippen molar-refractivity contribution in [1.82, 2.24) is 15.2 Å². The average Bonchev–Trinajstić information content (AvgIpc) is 3.44. The van der Waals surface area contributed by atoms with Crippen LogP contribution in [0.25, 0.3) is 11.3 Å². The quantitative estimate of drug-likeness (QED) is 0.531. The summed E-state index contributed by atoms with van der Waals surface area (Å²) in [6.07, 6.45) is 4.78. The second-order valence-electron chi connectivity index (χ2n) is 7.70. The second kappa shape index (κ2) is 10.2. The Balaban J connectivity index is 1.16. The van der Waals surface area contributed by atoms with E-state index >= 15 is 0 Å². The molecule has 0 saturated carbocycles. The van der Waals surface area contributed by atoms with Crippen LogP contribution in [0.2, 0.25) is 5.02 Å². The summed E-state index contributed by atoms with van der Waals surface area (Å²) in [7, 11) is 0. The van der Waals surface area contributed by atoms with E-state index in [1.165, 1.54) is 4.88 Å². The predicted molar refractivity (Wildman–Crippen MR) is 121 cm³/mol. The van der Waals surface area contributed by atoms with E-state index in [4.69, 9.17) is 16.0 Å². The molecule has 0 radical (unpaired) electrons. The number of amides is 1. The van der Waals surface area contributed by atoms with Gasteiger partial charge < -0.3 is 9.73 Å².